The maximum atomic E-state index is 12.1. The average molecular weight is 350 g/mol. The molecule has 0 bridgehead atoms. The maximum Gasteiger partial charge on any atom is 0.281 e. The number of aromatic amines is 1. The fraction of sp³-hybridized carbons (Fsp3) is 0.533. The molecule has 130 valence electrons. The maximum absolute atomic E-state index is 12.1. The van der Waals surface area contributed by atoms with Crippen molar-refractivity contribution in [2.24, 2.45) is 5.92 Å². The Hall–Kier alpha value is -1.84. The van der Waals surface area contributed by atoms with E-state index in [2.05, 4.69) is 20.2 Å². The van der Waals surface area contributed by atoms with Crippen LogP contribution in [0.5, 0.6) is 0 Å². The summed E-state index contributed by atoms with van der Waals surface area (Å²) in [4.78, 5) is 8.89. The molecule has 0 unspecified atom stereocenters. The standard InChI is InChI=1S/C15H22N6O2S/c1-20(2)24(22,23)21-7-4-12(5-8-21)9-13-10-16-11-15(18-13)14-3-6-17-19-14/h3,6,10-12H,4-5,7-9H2,1-2H3,(H,17,19). The second kappa shape index (κ2) is 6.96. The molecular formula is C15H22N6O2S. The van der Waals surface area contributed by atoms with Crippen LogP contribution >= 0.6 is 0 Å². The minimum Gasteiger partial charge on any atom is -0.276 e. The fourth-order valence-electron chi connectivity index (χ4n) is 2.90. The van der Waals surface area contributed by atoms with Gasteiger partial charge in [-0.05, 0) is 31.2 Å². The van der Waals surface area contributed by atoms with Crippen LogP contribution in [0.2, 0.25) is 0 Å². The van der Waals surface area contributed by atoms with E-state index in [4.69, 9.17) is 0 Å². The summed E-state index contributed by atoms with van der Waals surface area (Å²) >= 11 is 0. The molecule has 24 heavy (non-hydrogen) atoms. The highest BCUT2D eigenvalue weighted by atomic mass is 32.2. The summed E-state index contributed by atoms with van der Waals surface area (Å²) in [5.74, 6) is 0.421. The molecule has 3 heterocycles. The SMILES string of the molecule is CN(C)S(=O)(=O)N1CCC(Cc2cncc(-c3ccn[nH]3)n2)CC1. The molecule has 0 radical (unpaired) electrons. The summed E-state index contributed by atoms with van der Waals surface area (Å²) in [6.07, 6.45) is 7.66. The normalized spacial score (nSPS) is 17.5. The van der Waals surface area contributed by atoms with Crippen molar-refractivity contribution in [3.8, 4) is 11.4 Å². The first-order chi connectivity index (χ1) is 11.5. The van der Waals surface area contributed by atoms with E-state index in [0.29, 0.717) is 19.0 Å². The Bertz CT molecular complexity index is 767. The first kappa shape index (κ1) is 17.0. The predicted molar refractivity (Wildman–Crippen MR) is 90.2 cm³/mol. The highest BCUT2D eigenvalue weighted by Gasteiger charge is 2.29. The molecule has 3 rings (SSSR count). The molecule has 1 aliphatic rings. The molecule has 0 aliphatic carbocycles. The van der Waals surface area contributed by atoms with Gasteiger partial charge in [-0.2, -0.15) is 22.1 Å². The van der Waals surface area contributed by atoms with Gasteiger partial charge < -0.3 is 0 Å². The van der Waals surface area contributed by atoms with Crippen molar-refractivity contribution < 1.29 is 8.42 Å². The molecule has 9 heteroatoms. The van der Waals surface area contributed by atoms with Gasteiger partial charge >= 0.3 is 0 Å². The van der Waals surface area contributed by atoms with Crippen LogP contribution in [0, 0.1) is 5.92 Å². The van der Waals surface area contributed by atoms with Gasteiger partial charge in [0, 0.05) is 39.6 Å². The summed E-state index contributed by atoms with van der Waals surface area (Å²) in [7, 11) is -0.170. The van der Waals surface area contributed by atoms with E-state index in [1.165, 1.54) is 4.31 Å². The molecule has 2 aromatic heterocycles. The van der Waals surface area contributed by atoms with E-state index in [1.54, 1.807) is 37.0 Å². The lowest BCUT2D eigenvalue weighted by Gasteiger charge is -2.32. The van der Waals surface area contributed by atoms with Gasteiger partial charge in [0.1, 0.15) is 5.69 Å². The van der Waals surface area contributed by atoms with E-state index in [0.717, 1.165) is 36.3 Å². The third-order valence-corrected chi connectivity index (χ3v) is 6.26. The number of rotatable bonds is 5. The molecular weight excluding hydrogens is 328 g/mol. The number of aromatic nitrogens is 4. The van der Waals surface area contributed by atoms with Gasteiger partial charge in [-0.3, -0.25) is 10.1 Å². The van der Waals surface area contributed by atoms with Crippen LogP contribution in [-0.4, -0.2) is 64.4 Å². The Morgan fingerprint density at radius 2 is 2.04 bits per heavy atom. The number of piperidine rings is 1. The Labute approximate surface area is 142 Å². The number of nitrogens with one attached hydrogen (secondary N) is 1. The quantitative estimate of drug-likeness (QED) is 0.865. The van der Waals surface area contributed by atoms with Gasteiger partial charge in [0.2, 0.25) is 0 Å². The van der Waals surface area contributed by atoms with Crippen molar-refractivity contribution in [3.05, 3.63) is 30.4 Å². The molecule has 0 aromatic carbocycles. The first-order valence-corrected chi connectivity index (χ1v) is 9.35. The van der Waals surface area contributed by atoms with Crippen molar-refractivity contribution in [2.45, 2.75) is 19.3 Å². The van der Waals surface area contributed by atoms with Gasteiger partial charge in [-0.25, -0.2) is 4.98 Å². The summed E-state index contributed by atoms with van der Waals surface area (Å²) in [5.41, 5.74) is 2.55. The monoisotopic (exact) mass is 350 g/mol. The average Bonchev–Trinajstić information content (AvgIpc) is 3.10. The number of hydrogen-bond acceptors (Lipinski definition) is 5. The van der Waals surface area contributed by atoms with Gasteiger partial charge in [0.05, 0.1) is 17.6 Å². The van der Waals surface area contributed by atoms with Crippen LogP contribution in [0.1, 0.15) is 18.5 Å². The van der Waals surface area contributed by atoms with Crippen molar-refractivity contribution in [1.29, 1.82) is 0 Å². The van der Waals surface area contributed by atoms with Gasteiger partial charge in [-0.1, -0.05) is 0 Å². The molecule has 0 amide bonds. The van der Waals surface area contributed by atoms with Crippen LogP contribution in [0.25, 0.3) is 11.4 Å². The van der Waals surface area contributed by atoms with Crippen LogP contribution in [-0.2, 0) is 16.6 Å². The lowest BCUT2D eigenvalue weighted by molar-refractivity contribution is 0.261. The van der Waals surface area contributed by atoms with Crippen molar-refractivity contribution >= 4 is 10.2 Å². The minimum absolute atomic E-state index is 0.421. The molecule has 1 saturated heterocycles. The van der Waals surface area contributed by atoms with Gasteiger partial charge in [0.15, 0.2) is 0 Å². The number of H-pyrrole nitrogens is 1. The van der Waals surface area contributed by atoms with Crippen LogP contribution < -0.4 is 0 Å². The molecule has 1 aliphatic heterocycles. The summed E-state index contributed by atoms with van der Waals surface area (Å²) in [5, 5.41) is 6.82. The molecule has 2 aromatic rings. The zero-order valence-corrected chi connectivity index (χ0v) is 14.7. The third kappa shape index (κ3) is 3.63. The second-order valence-electron chi connectivity index (χ2n) is 6.20. The Morgan fingerprint density at radius 1 is 1.29 bits per heavy atom. The number of hydrogen-bond donors (Lipinski definition) is 1. The predicted octanol–water partition coefficient (Wildman–Crippen LogP) is 0.928. The van der Waals surface area contributed by atoms with Crippen molar-refractivity contribution in [3.63, 3.8) is 0 Å². The third-order valence-electron chi connectivity index (χ3n) is 4.32. The van der Waals surface area contributed by atoms with Crippen LogP contribution in [0.3, 0.4) is 0 Å². The Morgan fingerprint density at radius 3 is 2.67 bits per heavy atom. The lowest BCUT2D eigenvalue weighted by atomic mass is 9.93. The molecule has 0 saturated carbocycles. The fourth-order valence-corrected chi connectivity index (χ4v) is 4.04. The van der Waals surface area contributed by atoms with E-state index < -0.39 is 10.2 Å². The lowest BCUT2D eigenvalue weighted by Crippen LogP contribution is -2.44. The highest BCUT2D eigenvalue weighted by Crippen LogP contribution is 2.24. The topological polar surface area (TPSA) is 95.1 Å². The van der Waals surface area contributed by atoms with E-state index in [-0.39, 0.29) is 0 Å². The number of nitrogens with zero attached hydrogens (tertiary/aromatic N) is 5. The molecule has 8 nitrogen and oxygen atoms in total. The largest absolute Gasteiger partial charge is 0.281 e. The Balaban J connectivity index is 1.62. The van der Waals surface area contributed by atoms with Crippen molar-refractivity contribution in [2.75, 3.05) is 27.2 Å². The smallest absolute Gasteiger partial charge is 0.276 e. The Kier molecular flexibility index (Phi) is 4.93. The van der Waals surface area contributed by atoms with E-state index in [1.807, 2.05) is 6.07 Å². The molecule has 0 spiro atoms. The highest BCUT2D eigenvalue weighted by molar-refractivity contribution is 7.86. The van der Waals surface area contributed by atoms with Crippen molar-refractivity contribution in [1.82, 2.24) is 28.8 Å². The summed E-state index contributed by atoms with van der Waals surface area (Å²) in [6.45, 7) is 1.11. The summed E-state index contributed by atoms with van der Waals surface area (Å²) < 4.78 is 27.1. The van der Waals surface area contributed by atoms with E-state index in [9.17, 15) is 8.42 Å². The van der Waals surface area contributed by atoms with Gasteiger partial charge in [-0.15, -0.1) is 0 Å². The second-order valence-corrected chi connectivity index (χ2v) is 8.35. The first-order valence-electron chi connectivity index (χ1n) is 7.95. The van der Waals surface area contributed by atoms with E-state index >= 15 is 0 Å². The molecule has 1 fully saturated rings. The molecule has 1 N–H and O–H groups in total. The van der Waals surface area contributed by atoms with Crippen LogP contribution in [0.4, 0.5) is 0 Å². The molecule has 0 atom stereocenters. The minimum atomic E-state index is -3.30. The van der Waals surface area contributed by atoms with Crippen LogP contribution in [0.15, 0.2) is 24.7 Å². The summed E-state index contributed by atoms with van der Waals surface area (Å²) in [6, 6.07) is 1.86. The zero-order chi connectivity index (χ0) is 17.2. The van der Waals surface area contributed by atoms with Gasteiger partial charge in [0.25, 0.3) is 10.2 Å². The zero-order valence-electron chi connectivity index (χ0n) is 13.9.